The summed E-state index contributed by atoms with van der Waals surface area (Å²) < 4.78 is 0. The minimum Gasteiger partial charge on any atom is -0.0654 e. The molecule has 0 aromatic heterocycles. The molecule has 0 aromatic rings. The number of unbranched alkanes of at least 4 members (excludes halogenated alkanes) is 31. The first-order valence-electron chi connectivity index (χ1n) is 18.6. The van der Waals surface area contributed by atoms with Crippen molar-refractivity contribution < 1.29 is 0 Å². The van der Waals surface area contributed by atoms with E-state index in [1.807, 2.05) is 0 Å². The molecule has 0 aliphatic heterocycles. The maximum atomic E-state index is 2.37. The van der Waals surface area contributed by atoms with Crippen molar-refractivity contribution in [3.8, 4) is 0 Å². The quantitative estimate of drug-likeness (QED) is 0.0752. The first-order chi connectivity index (χ1) is 18.6. The van der Waals surface area contributed by atoms with E-state index < -0.39 is 0 Å². The zero-order valence-corrected chi connectivity index (χ0v) is 27.8. The molecule has 0 N–H and O–H groups in total. The number of hydrogen-bond donors (Lipinski definition) is 0. The molecule has 0 spiro atoms. The summed E-state index contributed by atoms with van der Waals surface area (Å²) in [7, 11) is 0. The maximum Gasteiger partial charge on any atom is -0.0383 e. The average molecular weight is 535 g/mol. The van der Waals surface area contributed by atoms with Crippen LogP contribution >= 0.6 is 0 Å². The van der Waals surface area contributed by atoms with Crippen LogP contribution in [0.5, 0.6) is 0 Å². The van der Waals surface area contributed by atoms with E-state index in [1.165, 1.54) is 212 Å². The molecule has 0 amide bonds. The van der Waals surface area contributed by atoms with Crippen LogP contribution < -0.4 is 0 Å². The Bertz CT molecular complexity index is 403. The van der Waals surface area contributed by atoms with Crippen molar-refractivity contribution in [2.45, 2.75) is 240 Å². The summed E-state index contributed by atoms with van der Waals surface area (Å²) in [6, 6.07) is 0. The number of hydrogen-bond acceptors (Lipinski definition) is 0. The minimum absolute atomic E-state index is 0.533. The molecular weight excluding hydrogens is 456 g/mol. The van der Waals surface area contributed by atoms with Crippen molar-refractivity contribution in [2.75, 3.05) is 0 Å². The molecule has 0 bridgehead atoms. The van der Waals surface area contributed by atoms with Gasteiger partial charge in [0.2, 0.25) is 0 Å². The third-order valence-electron chi connectivity index (χ3n) is 8.78. The monoisotopic (exact) mass is 535 g/mol. The average Bonchev–Trinajstić information content (AvgIpc) is 2.88. The minimum atomic E-state index is 0.533. The molecule has 0 atom stereocenters. The van der Waals surface area contributed by atoms with Gasteiger partial charge < -0.3 is 0 Å². The molecule has 0 aromatic carbocycles. The Labute approximate surface area is 244 Å². The lowest BCUT2D eigenvalue weighted by Crippen LogP contribution is -2.03. The second kappa shape index (κ2) is 31.5. The Morgan fingerprint density at radius 1 is 0.237 bits per heavy atom. The molecule has 0 heterocycles. The highest BCUT2D eigenvalue weighted by atomic mass is 14.1. The van der Waals surface area contributed by atoms with Gasteiger partial charge in [-0.3, -0.25) is 0 Å². The lowest BCUT2D eigenvalue weighted by molar-refractivity contribution is 0.356. The first kappa shape index (κ1) is 38.0. The summed E-state index contributed by atoms with van der Waals surface area (Å²) >= 11 is 0. The molecule has 0 radical (unpaired) electrons. The molecule has 0 saturated carbocycles. The van der Waals surface area contributed by atoms with Crippen molar-refractivity contribution in [1.82, 2.24) is 0 Å². The molecule has 0 saturated heterocycles. The van der Waals surface area contributed by atoms with E-state index in [4.69, 9.17) is 0 Å². The lowest BCUT2D eigenvalue weighted by atomic mass is 9.89. The first-order valence-corrected chi connectivity index (χ1v) is 18.6. The van der Waals surface area contributed by atoms with Gasteiger partial charge in [-0.05, 0) is 11.8 Å². The van der Waals surface area contributed by atoms with Gasteiger partial charge in [-0.15, -0.1) is 0 Å². The van der Waals surface area contributed by atoms with Crippen molar-refractivity contribution >= 4 is 0 Å². The molecule has 0 aliphatic rings. The molecule has 0 fully saturated rings. The highest BCUT2D eigenvalue weighted by Gasteiger charge is 2.08. The fraction of sp³-hybridized carbons (Fsp3) is 1.00. The Balaban J connectivity index is 3.04. The van der Waals surface area contributed by atoms with E-state index in [0.717, 1.165) is 0 Å². The van der Waals surface area contributed by atoms with Crippen molar-refractivity contribution in [2.24, 2.45) is 5.41 Å². The predicted octanol–water partition coefficient (Wildman–Crippen LogP) is 14.9. The largest absolute Gasteiger partial charge is 0.0654 e. The van der Waals surface area contributed by atoms with E-state index in [1.54, 1.807) is 0 Å². The second-order valence-corrected chi connectivity index (χ2v) is 14.3. The SMILES string of the molecule is CCCCCCCCCCCCCCCCCCCCCCCCCCCCCCCCCCC(C)(C)C. The summed E-state index contributed by atoms with van der Waals surface area (Å²) in [5, 5.41) is 0. The van der Waals surface area contributed by atoms with Gasteiger partial charge in [0.25, 0.3) is 0 Å². The summed E-state index contributed by atoms with van der Waals surface area (Å²) in [5.74, 6) is 0. The molecule has 0 rings (SSSR count). The van der Waals surface area contributed by atoms with Gasteiger partial charge in [-0.1, -0.05) is 233 Å². The van der Waals surface area contributed by atoms with Gasteiger partial charge in [0.1, 0.15) is 0 Å². The fourth-order valence-corrected chi connectivity index (χ4v) is 6.03. The van der Waals surface area contributed by atoms with E-state index in [-0.39, 0.29) is 0 Å². The van der Waals surface area contributed by atoms with Gasteiger partial charge in [0.05, 0.1) is 0 Å². The Morgan fingerprint density at radius 2 is 0.395 bits per heavy atom. The van der Waals surface area contributed by atoms with Crippen LogP contribution in [0.15, 0.2) is 0 Å². The molecular formula is C38H78. The summed E-state index contributed by atoms with van der Waals surface area (Å²) in [6.45, 7) is 9.42. The highest BCUT2D eigenvalue weighted by molar-refractivity contribution is 4.61. The van der Waals surface area contributed by atoms with Gasteiger partial charge in [-0.2, -0.15) is 0 Å². The lowest BCUT2D eigenvalue weighted by Gasteiger charge is -2.17. The van der Waals surface area contributed by atoms with Crippen LogP contribution in [0, 0.1) is 5.41 Å². The molecule has 0 nitrogen and oxygen atoms in total. The van der Waals surface area contributed by atoms with Gasteiger partial charge >= 0.3 is 0 Å². The van der Waals surface area contributed by atoms with Crippen LogP contribution in [0.4, 0.5) is 0 Å². The van der Waals surface area contributed by atoms with Crippen LogP contribution in [0.25, 0.3) is 0 Å². The van der Waals surface area contributed by atoms with E-state index >= 15 is 0 Å². The third kappa shape index (κ3) is 36.0. The van der Waals surface area contributed by atoms with Crippen molar-refractivity contribution in [3.63, 3.8) is 0 Å². The van der Waals surface area contributed by atoms with Crippen molar-refractivity contribution in [1.29, 1.82) is 0 Å². The molecule has 38 heavy (non-hydrogen) atoms. The topological polar surface area (TPSA) is 0 Å². The fourth-order valence-electron chi connectivity index (χ4n) is 6.03. The summed E-state index contributed by atoms with van der Waals surface area (Å²) in [6.07, 6.45) is 48.8. The Hall–Kier alpha value is 0. The van der Waals surface area contributed by atoms with Crippen LogP contribution in [0.2, 0.25) is 0 Å². The summed E-state index contributed by atoms with van der Waals surface area (Å²) in [5.41, 5.74) is 0.533. The maximum absolute atomic E-state index is 2.37. The second-order valence-electron chi connectivity index (χ2n) is 14.3. The van der Waals surface area contributed by atoms with Crippen LogP contribution in [-0.2, 0) is 0 Å². The molecule has 0 unspecified atom stereocenters. The van der Waals surface area contributed by atoms with Crippen LogP contribution in [0.3, 0.4) is 0 Å². The smallest absolute Gasteiger partial charge is 0.0383 e. The Kier molecular flexibility index (Phi) is 31.5. The zero-order chi connectivity index (χ0) is 27.8. The zero-order valence-electron chi connectivity index (χ0n) is 27.8. The molecule has 0 heteroatoms. The van der Waals surface area contributed by atoms with Gasteiger partial charge in [0, 0.05) is 0 Å². The van der Waals surface area contributed by atoms with Crippen molar-refractivity contribution in [3.05, 3.63) is 0 Å². The highest BCUT2D eigenvalue weighted by Crippen LogP contribution is 2.23. The summed E-state index contributed by atoms with van der Waals surface area (Å²) in [4.78, 5) is 0. The van der Waals surface area contributed by atoms with E-state index in [2.05, 4.69) is 27.7 Å². The molecule has 230 valence electrons. The normalized spacial score (nSPS) is 12.0. The van der Waals surface area contributed by atoms with Gasteiger partial charge in [-0.25, -0.2) is 0 Å². The standard InChI is InChI=1S/C38H78/c1-5-6-7-8-9-10-11-12-13-14-15-16-17-18-19-20-21-22-23-24-25-26-27-28-29-30-31-32-33-34-35-36-37-38(2,3)4/h5-37H2,1-4H3. The van der Waals surface area contributed by atoms with Crippen LogP contribution in [-0.4, -0.2) is 0 Å². The Morgan fingerprint density at radius 3 is 0.553 bits per heavy atom. The third-order valence-corrected chi connectivity index (χ3v) is 8.78. The van der Waals surface area contributed by atoms with Gasteiger partial charge in [0.15, 0.2) is 0 Å². The number of rotatable bonds is 32. The van der Waals surface area contributed by atoms with E-state index in [0.29, 0.717) is 5.41 Å². The van der Waals surface area contributed by atoms with E-state index in [9.17, 15) is 0 Å². The predicted molar refractivity (Wildman–Crippen MR) is 177 cm³/mol. The molecule has 0 aliphatic carbocycles. The van der Waals surface area contributed by atoms with Crippen LogP contribution in [0.1, 0.15) is 240 Å².